The molecule has 0 amide bonds. The van der Waals surface area contributed by atoms with Gasteiger partial charge < -0.3 is 10.1 Å². The van der Waals surface area contributed by atoms with Gasteiger partial charge in [-0.2, -0.15) is 0 Å². The average Bonchev–Trinajstić information content (AvgIpc) is 3.03. The molecule has 0 saturated carbocycles. The number of phenolic OH excluding ortho intramolecular Hbond substituents is 1. The van der Waals surface area contributed by atoms with Gasteiger partial charge >= 0.3 is 0 Å². The molecule has 1 heterocycles. The van der Waals surface area contributed by atoms with E-state index in [-0.39, 0.29) is 11.7 Å². The number of H-pyrrole nitrogens is 1. The summed E-state index contributed by atoms with van der Waals surface area (Å²) in [5.74, 6) is 0.152. The summed E-state index contributed by atoms with van der Waals surface area (Å²) in [7, 11) is 0. The Morgan fingerprint density at radius 3 is 2.42 bits per heavy atom. The first-order chi connectivity index (χ1) is 11.7. The van der Waals surface area contributed by atoms with E-state index in [0.29, 0.717) is 5.02 Å². The molecule has 1 unspecified atom stereocenters. The molecule has 4 rings (SSSR count). The van der Waals surface area contributed by atoms with Crippen molar-refractivity contribution in [3.8, 4) is 5.75 Å². The Morgan fingerprint density at radius 2 is 1.58 bits per heavy atom. The number of hydrogen-bond donors (Lipinski definition) is 2. The van der Waals surface area contributed by atoms with Crippen LogP contribution in [0, 0.1) is 0 Å². The van der Waals surface area contributed by atoms with Crippen molar-refractivity contribution in [3.63, 3.8) is 0 Å². The third kappa shape index (κ3) is 2.55. The van der Waals surface area contributed by atoms with Crippen molar-refractivity contribution >= 4 is 22.5 Å². The molecule has 24 heavy (non-hydrogen) atoms. The second-order valence-electron chi connectivity index (χ2n) is 5.84. The zero-order chi connectivity index (χ0) is 16.5. The molecule has 3 heteroatoms. The summed E-state index contributed by atoms with van der Waals surface area (Å²) in [6.45, 7) is 0. The Hall–Kier alpha value is -2.71. The van der Waals surface area contributed by atoms with Crippen LogP contribution in [0.4, 0.5) is 0 Å². The number of aromatic nitrogens is 1. The summed E-state index contributed by atoms with van der Waals surface area (Å²) in [4.78, 5) is 3.33. The van der Waals surface area contributed by atoms with E-state index in [1.165, 1.54) is 0 Å². The fourth-order valence-electron chi connectivity index (χ4n) is 3.26. The van der Waals surface area contributed by atoms with Crippen LogP contribution < -0.4 is 0 Å². The lowest BCUT2D eigenvalue weighted by Crippen LogP contribution is -2.03. The molecule has 1 atom stereocenters. The van der Waals surface area contributed by atoms with Gasteiger partial charge in [-0.3, -0.25) is 0 Å². The van der Waals surface area contributed by atoms with Gasteiger partial charge in [0.25, 0.3) is 0 Å². The molecule has 4 aromatic rings. The van der Waals surface area contributed by atoms with Gasteiger partial charge in [0.2, 0.25) is 0 Å². The number of rotatable bonds is 3. The second kappa shape index (κ2) is 6.06. The zero-order valence-electron chi connectivity index (χ0n) is 12.9. The molecule has 0 radical (unpaired) electrons. The minimum atomic E-state index is -0.0963. The number of hydrogen-bond acceptors (Lipinski definition) is 1. The highest BCUT2D eigenvalue weighted by Crippen LogP contribution is 2.40. The number of halogens is 1. The summed E-state index contributed by atoms with van der Waals surface area (Å²) in [5, 5.41) is 12.2. The zero-order valence-corrected chi connectivity index (χ0v) is 13.7. The van der Waals surface area contributed by atoms with E-state index in [1.54, 1.807) is 12.1 Å². The van der Waals surface area contributed by atoms with Crippen molar-refractivity contribution < 1.29 is 5.11 Å². The normalized spacial score (nSPS) is 12.4. The van der Waals surface area contributed by atoms with Gasteiger partial charge in [0.15, 0.2) is 0 Å². The summed E-state index contributed by atoms with van der Waals surface area (Å²) >= 11 is 6.21. The van der Waals surface area contributed by atoms with Gasteiger partial charge in [0.1, 0.15) is 5.75 Å². The lowest BCUT2D eigenvalue weighted by molar-refractivity contribution is 0.467. The van der Waals surface area contributed by atoms with Gasteiger partial charge in [-0.1, -0.05) is 60.1 Å². The lowest BCUT2D eigenvalue weighted by Gasteiger charge is -2.19. The number of para-hydroxylation sites is 1. The van der Waals surface area contributed by atoms with E-state index < -0.39 is 0 Å². The number of benzene rings is 3. The maximum Gasteiger partial charge on any atom is 0.119 e. The standard InChI is InChI=1S/C21H16ClNO/c22-15-10-11-20(24)17(12-15)21(14-6-2-1-3-7-14)18-13-23-19-9-5-4-8-16(18)19/h1-13,21,23-24H. The number of phenols is 1. The lowest BCUT2D eigenvalue weighted by atomic mass is 9.84. The van der Waals surface area contributed by atoms with Gasteiger partial charge in [-0.05, 0) is 35.4 Å². The van der Waals surface area contributed by atoms with Crippen molar-refractivity contribution in [1.82, 2.24) is 4.98 Å². The molecule has 0 aliphatic carbocycles. The minimum absolute atomic E-state index is 0.0963. The molecule has 0 bridgehead atoms. The van der Waals surface area contributed by atoms with Gasteiger partial charge in [-0.25, -0.2) is 0 Å². The molecule has 3 aromatic carbocycles. The van der Waals surface area contributed by atoms with Crippen LogP contribution in [0.2, 0.25) is 5.02 Å². The molecular weight excluding hydrogens is 318 g/mol. The molecule has 1 aromatic heterocycles. The fourth-order valence-corrected chi connectivity index (χ4v) is 3.44. The van der Waals surface area contributed by atoms with Crippen LogP contribution in [0.3, 0.4) is 0 Å². The number of aromatic amines is 1. The van der Waals surface area contributed by atoms with Gasteiger partial charge in [0.05, 0.1) is 0 Å². The molecule has 2 nitrogen and oxygen atoms in total. The first-order valence-corrected chi connectivity index (χ1v) is 8.21. The SMILES string of the molecule is Oc1ccc(Cl)cc1C(c1ccccc1)c1c[nH]c2ccccc12. The van der Waals surface area contributed by atoms with Crippen LogP contribution in [0.15, 0.2) is 79.0 Å². The summed E-state index contributed by atoms with van der Waals surface area (Å²) in [6.07, 6.45) is 2.02. The summed E-state index contributed by atoms with van der Waals surface area (Å²) in [5.41, 5.74) is 4.11. The van der Waals surface area contributed by atoms with E-state index in [9.17, 15) is 5.11 Å². The smallest absolute Gasteiger partial charge is 0.119 e. The minimum Gasteiger partial charge on any atom is -0.508 e. The third-order valence-corrected chi connectivity index (χ3v) is 4.60. The van der Waals surface area contributed by atoms with Crippen molar-refractivity contribution in [2.75, 3.05) is 0 Å². The highest BCUT2D eigenvalue weighted by molar-refractivity contribution is 6.30. The molecule has 0 saturated heterocycles. The highest BCUT2D eigenvalue weighted by atomic mass is 35.5. The number of fused-ring (bicyclic) bond motifs is 1. The van der Waals surface area contributed by atoms with Crippen molar-refractivity contribution in [2.45, 2.75) is 5.92 Å². The topological polar surface area (TPSA) is 36.0 Å². The Morgan fingerprint density at radius 1 is 0.833 bits per heavy atom. The molecular formula is C21H16ClNO. The maximum atomic E-state index is 10.5. The quantitative estimate of drug-likeness (QED) is 0.495. The number of aromatic hydroxyl groups is 1. The van der Waals surface area contributed by atoms with Crippen LogP contribution in [0.25, 0.3) is 10.9 Å². The number of nitrogens with one attached hydrogen (secondary N) is 1. The van der Waals surface area contributed by atoms with Crippen molar-refractivity contribution in [3.05, 3.63) is 101 Å². The Bertz CT molecular complexity index is 991. The van der Waals surface area contributed by atoms with Gasteiger partial charge in [0, 0.05) is 33.6 Å². The van der Waals surface area contributed by atoms with E-state index >= 15 is 0 Å². The first kappa shape index (κ1) is 14.9. The van der Waals surface area contributed by atoms with Crippen molar-refractivity contribution in [1.29, 1.82) is 0 Å². The molecule has 2 N–H and O–H groups in total. The Labute approximate surface area is 145 Å². The monoisotopic (exact) mass is 333 g/mol. The van der Waals surface area contributed by atoms with E-state index in [2.05, 4.69) is 29.2 Å². The van der Waals surface area contributed by atoms with Crippen LogP contribution in [-0.4, -0.2) is 10.1 Å². The average molecular weight is 334 g/mol. The summed E-state index contributed by atoms with van der Waals surface area (Å²) in [6, 6.07) is 23.6. The molecule has 118 valence electrons. The van der Waals surface area contributed by atoms with E-state index in [4.69, 9.17) is 11.6 Å². The van der Waals surface area contributed by atoms with Crippen LogP contribution in [0.1, 0.15) is 22.6 Å². The predicted molar refractivity (Wildman–Crippen MR) is 98.8 cm³/mol. The molecule has 0 aliphatic heterocycles. The summed E-state index contributed by atoms with van der Waals surface area (Å²) < 4.78 is 0. The predicted octanol–water partition coefficient (Wildman–Crippen LogP) is 5.71. The van der Waals surface area contributed by atoms with E-state index in [0.717, 1.165) is 27.6 Å². The third-order valence-electron chi connectivity index (χ3n) is 4.37. The van der Waals surface area contributed by atoms with Gasteiger partial charge in [-0.15, -0.1) is 0 Å². The fraction of sp³-hybridized carbons (Fsp3) is 0.0476. The highest BCUT2D eigenvalue weighted by Gasteiger charge is 2.23. The first-order valence-electron chi connectivity index (χ1n) is 7.83. The van der Waals surface area contributed by atoms with Crippen LogP contribution in [-0.2, 0) is 0 Å². The molecule has 0 fully saturated rings. The Kier molecular flexibility index (Phi) is 3.75. The maximum absolute atomic E-state index is 10.5. The largest absolute Gasteiger partial charge is 0.508 e. The van der Waals surface area contributed by atoms with Crippen LogP contribution in [0.5, 0.6) is 5.75 Å². The second-order valence-corrected chi connectivity index (χ2v) is 6.27. The van der Waals surface area contributed by atoms with Crippen molar-refractivity contribution in [2.24, 2.45) is 0 Å². The molecule has 0 spiro atoms. The molecule has 0 aliphatic rings. The van der Waals surface area contributed by atoms with Crippen LogP contribution >= 0.6 is 11.6 Å². The van der Waals surface area contributed by atoms with E-state index in [1.807, 2.05) is 42.6 Å². The Balaban J connectivity index is 1.99.